The van der Waals surface area contributed by atoms with Crippen LogP contribution in [0.4, 0.5) is 0 Å². The predicted octanol–water partition coefficient (Wildman–Crippen LogP) is 1.96. The molecule has 0 bridgehead atoms. The molecule has 0 unspecified atom stereocenters. The third-order valence-corrected chi connectivity index (χ3v) is 5.43. The lowest BCUT2D eigenvalue weighted by atomic mass is 9.85. The first-order valence-electron chi connectivity index (χ1n) is 8.12. The summed E-state index contributed by atoms with van der Waals surface area (Å²) in [4.78, 5) is 25.0. The van der Waals surface area contributed by atoms with Crippen molar-refractivity contribution in [3.05, 3.63) is 0 Å². The van der Waals surface area contributed by atoms with Crippen molar-refractivity contribution in [2.24, 2.45) is 5.92 Å². The number of carbonyl (C=O) groups excluding carboxylic acids is 1. The Morgan fingerprint density at radius 3 is 2.41 bits per heavy atom. The van der Waals surface area contributed by atoms with Crippen molar-refractivity contribution >= 4 is 23.6 Å². The first-order chi connectivity index (χ1) is 10.2. The molecule has 0 aliphatic heterocycles. The molecule has 0 saturated heterocycles. The monoisotopic (exact) mass is 328 g/mol. The van der Waals surface area contributed by atoms with E-state index in [2.05, 4.69) is 31.0 Å². The smallest absolute Gasteiger partial charge is 0.317 e. The molecule has 0 radical (unpaired) electrons. The van der Waals surface area contributed by atoms with Crippen molar-refractivity contribution in [1.29, 1.82) is 0 Å². The summed E-state index contributed by atoms with van der Waals surface area (Å²) in [6, 6.07) is 0.533. The quantitative estimate of drug-likeness (QED) is 0.713. The number of carboxylic acid groups (broad SMARTS) is 1. The van der Waals surface area contributed by atoms with Gasteiger partial charge in [0.25, 0.3) is 0 Å². The van der Waals surface area contributed by atoms with Gasteiger partial charge < -0.3 is 10.4 Å². The average Bonchev–Trinajstić information content (AvgIpc) is 3.12. The molecule has 0 heterocycles. The molecular weight excluding hydrogens is 300 g/mol. The number of aliphatic carboxylic acids is 1. The lowest BCUT2D eigenvalue weighted by molar-refractivity contribution is -0.140. The average molecular weight is 328 g/mol. The van der Waals surface area contributed by atoms with E-state index in [-0.39, 0.29) is 23.2 Å². The van der Waals surface area contributed by atoms with Crippen molar-refractivity contribution in [1.82, 2.24) is 10.2 Å². The summed E-state index contributed by atoms with van der Waals surface area (Å²) in [5.41, 5.74) is 0. The van der Waals surface area contributed by atoms with Crippen LogP contribution in [0.2, 0.25) is 0 Å². The molecule has 2 aliphatic rings. The summed E-state index contributed by atoms with van der Waals surface area (Å²) in [6.07, 6.45) is 4.22. The van der Waals surface area contributed by atoms with Gasteiger partial charge in [-0.2, -0.15) is 0 Å². The number of carbonyl (C=O) groups is 2. The Morgan fingerprint density at radius 2 is 1.91 bits per heavy atom. The number of hydrogen-bond donors (Lipinski definition) is 2. The second kappa shape index (κ2) is 7.21. The van der Waals surface area contributed by atoms with E-state index in [1.165, 1.54) is 12.8 Å². The van der Waals surface area contributed by atoms with Gasteiger partial charge in [0.1, 0.15) is 0 Å². The summed E-state index contributed by atoms with van der Waals surface area (Å²) in [5.74, 6) is 0.521. The fraction of sp³-hybridized carbons (Fsp3) is 0.875. The van der Waals surface area contributed by atoms with E-state index < -0.39 is 5.97 Å². The van der Waals surface area contributed by atoms with Crippen molar-refractivity contribution in [2.45, 2.75) is 63.3 Å². The molecule has 22 heavy (non-hydrogen) atoms. The number of rotatable bonds is 8. The van der Waals surface area contributed by atoms with E-state index in [9.17, 15) is 9.59 Å². The van der Waals surface area contributed by atoms with Gasteiger partial charge in [-0.25, -0.2) is 0 Å². The highest BCUT2D eigenvalue weighted by Gasteiger charge is 2.37. The first kappa shape index (κ1) is 17.6. The largest absolute Gasteiger partial charge is 0.480 e. The molecule has 2 aliphatic carbocycles. The maximum absolute atomic E-state index is 11.9. The molecule has 126 valence electrons. The number of amides is 1. The zero-order chi connectivity index (χ0) is 16.3. The number of nitrogens with zero attached hydrogens (tertiary/aromatic N) is 1. The van der Waals surface area contributed by atoms with E-state index in [1.54, 1.807) is 11.8 Å². The van der Waals surface area contributed by atoms with Crippen LogP contribution in [0.1, 0.15) is 46.5 Å². The molecule has 6 heteroatoms. The highest BCUT2D eigenvalue weighted by atomic mass is 32.2. The summed E-state index contributed by atoms with van der Waals surface area (Å²) in [5, 5.41) is 12.1. The zero-order valence-corrected chi connectivity index (χ0v) is 14.6. The van der Waals surface area contributed by atoms with Crippen LogP contribution in [0.25, 0.3) is 0 Å². The molecule has 2 saturated carbocycles. The van der Waals surface area contributed by atoms with Crippen LogP contribution in [-0.2, 0) is 9.59 Å². The maximum Gasteiger partial charge on any atom is 0.317 e. The number of nitrogens with one attached hydrogen (secondary N) is 1. The van der Waals surface area contributed by atoms with Gasteiger partial charge in [0, 0.05) is 23.4 Å². The van der Waals surface area contributed by atoms with Gasteiger partial charge in [-0.15, -0.1) is 11.8 Å². The van der Waals surface area contributed by atoms with E-state index >= 15 is 0 Å². The van der Waals surface area contributed by atoms with Gasteiger partial charge >= 0.3 is 5.97 Å². The molecular formula is C16H28N2O3S. The summed E-state index contributed by atoms with van der Waals surface area (Å²) >= 11 is 1.65. The first-order valence-corrected chi connectivity index (χ1v) is 9.10. The highest BCUT2D eigenvalue weighted by molar-refractivity contribution is 8.01. The van der Waals surface area contributed by atoms with Crippen molar-refractivity contribution in [2.75, 3.05) is 18.8 Å². The Balaban J connectivity index is 1.68. The van der Waals surface area contributed by atoms with E-state index in [0.717, 1.165) is 19.4 Å². The Kier molecular flexibility index (Phi) is 5.77. The van der Waals surface area contributed by atoms with Crippen molar-refractivity contribution in [3.8, 4) is 0 Å². The van der Waals surface area contributed by atoms with Crippen LogP contribution in [0.5, 0.6) is 0 Å². The normalized spacial score (nSPS) is 24.9. The standard InChI is InChI=1S/C16H28N2O3S/c1-16(2,3)22-10-14(19)17-12-6-13(7-12)18(9-15(20)21)8-11-4-5-11/h11-13H,4-10H2,1-3H3,(H,17,19)(H,20,21). The molecule has 2 fully saturated rings. The Hall–Kier alpha value is -0.750. The van der Waals surface area contributed by atoms with Gasteiger partial charge in [0.15, 0.2) is 0 Å². The summed E-state index contributed by atoms with van der Waals surface area (Å²) in [6.45, 7) is 7.34. The van der Waals surface area contributed by atoms with E-state index in [1.807, 2.05) is 0 Å². The maximum atomic E-state index is 11.9. The molecule has 1 amide bonds. The predicted molar refractivity (Wildman–Crippen MR) is 89.1 cm³/mol. The highest BCUT2D eigenvalue weighted by Crippen LogP contribution is 2.33. The van der Waals surface area contributed by atoms with E-state index in [4.69, 9.17) is 5.11 Å². The molecule has 0 aromatic heterocycles. The number of hydrogen-bond acceptors (Lipinski definition) is 4. The molecule has 2 rings (SSSR count). The van der Waals surface area contributed by atoms with Gasteiger partial charge in [-0.3, -0.25) is 14.5 Å². The van der Waals surface area contributed by atoms with Gasteiger partial charge in [0.05, 0.1) is 12.3 Å². The molecule has 0 spiro atoms. The minimum atomic E-state index is -0.755. The fourth-order valence-electron chi connectivity index (χ4n) is 2.70. The summed E-state index contributed by atoms with van der Waals surface area (Å²) in [7, 11) is 0. The van der Waals surface area contributed by atoms with Crippen molar-refractivity contribution < 1.29 is 14.7 Å². The van der Waals surface area contributed by atoms with Crippen LogP contribution in [0, 0.1) is 5.92 Å². The van der Waals surface area contributed by atoms with Crippen LogP contribution in [0.15, 0.2) is 0 Å². The molecule has 2 N–H and O–H groups in total. The zero-order valence-electron chi connectivity index (χ0n) is 13.8. The Morgan fingerprint density at radius 1 is 1.27 bits per heavy atom. The van der Waals surface area contributed by atoms with Gasteiger partial charge in [-0.05, 0) is 31.6 Å². The lowest BCUT2D eigenvalue weighted by Gasteiger charge is -2.42. The second-order valence-electron chi connectivity index (χ2n) is 7.56. The minimum Gasteiger partial charge on any atom is -0.480 e. The SMILES string of the molecule is CC(C)(C)SCC(=O)NC1CC(N(CC(=O)O)CC2CC2)C1. The molecule has 0 atom stereocenters. The molecule has 5 nitrogen and oxygen atoms in total. The molecule has 0 aromatic carbocycles. The van der Waals surface area contributed by atoms with Crippen molar-refractivity contribution in [3.63, 3.8) is 0 Å². The van der Waals surface area contributed by atoms with Crippen LogP contribution in [-0.4, -0.2) is 57.6 Å². The Bertz CT molecular complexity index is 412. The van der Waals surface area contributed by atoms with Gasteiger partial charge in [-0.1, -0.05) is 20.8 Å². The third-order valence-electron chi connectivity index (χ3n) is 4.16. The third kappa shape index (κ3) is 6.16. The molecule has 0 aromatic rings. The van der Waals surface area contributed by atoms with Crippen LogP contribution >= 0.6 is 11.8 Å². The van der Waals surface area contributed by atoms with Gasteiger partial charge in [0.2, 0.25) is 5.91 Å². The topological polar surface area (TPSA) is 69.6 Å². The fourth-order valence-corrected chi connectivity index (χ4v) is 3.35. The number of thioether (sulfide) groups is 1. The minimum absolute atomic E-state index is 0.0929. The lowest BCUT2D eigenvalue weighted by Crippen LogP contribution is -2.55. The summed E-state index contributed by atoms with van der Waals surface area (Å²) < 4.78 is 0.0992. The second-order valence-corrected chi connectivity index (χ2v) is 9.36. The van der Waals surface area contributed by atoms with Crippen LogP contribution in [0.3, 0.4) is 0 Å². The van der Waals surface area contributed by atoms with E-state index in [0.29, 0.717) is 17.7 Å². The number of carboxylic acids is 1. The Labute approximate surface area is 137 Å². The van der Waals surface area contributed by atoms with Crippen LogP contribution < -0.4 is 5.32 Å².